The third kappa shape index (κ3) is 2.94. The Morgan fingerprint density at radius 2 is 1.25 bits per heavy atom. The molecule has 0 amide bonds. The molecule has 40 heavy (non-hydrogen) atoms. The van der Waals surface area contributed by atoms with Gasteiger partial charge in [-0.3, -0.25) is 4.79 Å². The number of hydrogen-bond donors (Lipinski definition) is 0. The van der Waals surface area contributed by atoms with Crippen molar-refractivity contribution in [1.82, 2.24) is 4.40 Å². The predicted molar refractivity (Wildman–Crippen MR) is 134 cm³/mol. The normalized spacial score (nSPS) is 12.8. The van der Waals surface area contributed by atoms with Gasteiger partial charge in [0.15, 0.2) is 0 Å². The zero-order chi connectivity index (χ0) is 28.3. The van der Waals surface area contributed by atoms with Gasteiger partial charge in [0.05, 0.1) is 61.7 Å². The molecule has 0 bridgehead atoms. The molecule has 11 heteroatoms. The van der Waals surface area contributed by atoms with E-state index in [1.165, 1.54) is 22.6 Å². The Balaban J connectivity index is 1.85. The summed E-state index contributed by atoms with van der Waals surface area (Å²) in [5.74, 6) is 0. The van der Waals surface area contributed by atoms with Crippen molar-refractivity contribution in [3.63, 3.8) is 0 Å². The van der Waals surface area contributed by atoms with E-state index in [0.717, 1.165) is 24.3 Å². The zero-order valence-corrected chi connectivity index (χ0v) is 19.6. The molecule has 0 atom stereocenters. The van der Waals surface area contributed by atoms with E-state index in [0.29, 0.717) is 0 Å². The van der Waals surface area contributed by atoms with Crippen molar-refractivity contribution in [2.24, 2.45) is 0 Å². The monoisotopic (exact) mass is 545 g/mol. The van der Waals surface area contributed by atoms with Gasteiger partial charge in [-0.25, -0.2) is 0 Å². The van der Waals surface area contributed by atoms with Gasteiger partial charge < -0.3 is 8.82 Å². The second kappa shape index (κ2) is 7.42. The molecular formula is C29H9F6N3O2. The summed E-state index contributed by atoms with van der Waals surface area (Å²) in [6.45, 7) is 0. The third-order valence-electron chi connectivity index (χ3n) is 7.23. The van der Waals surface area contributed by atoms with Crippen LogP contribution in [-0.4, -0.2) is 4.40 Å². The molecule has 0 unspecified atom stereocenters. The van der Waals surface area contributed by atoms with Gasteiger partial charge in [-0.05, 0) is 42.5 Å². The summed E-state index contributed by atoms with van der Waals surface area (Å²) >= 11 is 0. The summed E-state index contributed by atoms with van der Waals surface area (Å²) in [4.78, 5) is 13.7. The Bertz CT molecular complexity index is 2400. The fraction of sp³-hybridized carbons (Fsp3) is 0.0690. The van der Waals surface area contributed by atoms with Crippen molar-refractivity contribution < 1.29 is 30.8 Å². The second-order valence-electron chi connectivity index (χ2n) is 9.33. The molecule has 3 aromatic heterocycles. The van der Waals surface area contributed by atoms with E-state index in [2.05, 4.69) is 0 Å². The number of halogens is 6. The maximum atomic E-state index is 14.0. The van der Waals surface area contributed by atoms with E-state index >= 15 is 0 Å². The topological polar surface area (TPSA) is 82.2 Å². The SMILES string of the molecule is N#Cc1cc2c(cc1C(F)(F)F)c1cc3oc4ccccc4c(=O)c3c3c4cc(C(F)(F)F)c(C#N)cc4n2c13. The zero-order valence-electron chi connectivity index (χ0n) is 19.6. The molecule has 0 N–H and O–H groups in total. The third-order valence-corrected chi connectivity index (χ3v) is 7.23. The van der Waals surface area contributed by atoms with Crippen LogP contribution in [0.2, 0.25) is 0 Å². The van der Waals surface area contributed by atoms with Gasteiger partial charge in [0.2, 0.25) is 5.43 Å². The minimum Gasteiger partial charge on any atom is -0.456 e. The van der Waals surface area contributed by atoms with Crippen LogP contribution in [0.25, 0.3) is 60.0 Å². The Morgan fingerprint density at radius 1 is 0.675 bits per heavy atom. The molecule has 0 saturated heterocycles. The van der Waals surface area contributed by atoms with Crippen LogP contribution < -0.4 is 5.43 Å². The van der Waals surface area contributed by atoms with E-state index in [1.807, 2.05) is 0 Å². The van der Waals surface area contributed by atoms with Gasteiger partial charge in [-0.15, -0.1) is 0 Å². The lowest BCUT2D eigenvalue weighted by Crippen LogP contribution is -2.08. The van der Waals surface area contributed by atoms with E-state index in [1.54, 1.807) is 24.3 Å². The molecule has 5 nitrogen and oxygen atoms in total. The molecule has 7 aromatic rings. The summed E-state index contributed by atoms with van der Waals surface area (Å²) in [5, 5.41) is 19.4. The van der Waals surface area contributed by atoms with Crippen LogP contribution in [0.15, 0.2) is 63.8 Å². The summed E-state index contributed by atoms with van der Waals surface area (Å²) in [6.07, 6.45) is -9.77. The summed E-state index contributed by atoms with van der Waals surface area (Å²) in [7, 11) is 0. The molecular weight excluding hydrogens is 536 g/mol. The Labute approximate surface area is 217 Å². The van der Waals surface area contributed by atoms with Crippen molar-refractivity contribution >= 4 is 60.0 Å². The van der Waals surface area contributed by atoms with Gasteiger partial charge in [-0.2, -0.15) is 36.9 Å². The van der Waals surface area contributed by atoms with Crippen LogP contribution in [0.3, 0.4) is 0 Å². The molecule has 0 aliphatic rings. The highest BCUT2D eigenvalue weighted by molar-refractivity contribution is 6.31. The Kier molecular flexibility index (Phi) is 4.42. The number of aromatic nitrogens is 1. The highest BCUT2D eigenvalue weighted by Gasteiger charge is 2.37. The first-order chi connectivity index (χ1) is 18.9. The molecule has 0 fully saturated rings. The largest absolute Gasteiger partial charge is 0.456 e. The molecule has 194 valence electrons. The number of nitriles is 2. The minimum absolute atomic E-state index is 0.0334. The first kappa shape index (κ1) is 23.8. The highest BCUT2D eigenvalue weighted by Crippen LogP contribution is 2.46. The minimum atomic E-state index is -4.91. The van der Waals surface area contributed by atoms with Gasteiger partial charge >= 0.3 is 12.4 Å². The van der Waals surface area contributed by atoms with E-state index in [9.17, 15) is 41.7 Å². The van der Waals surface area contributed by atoms with Crippen molar-refractivity contribution in [3.05, 3.63) is 87.1 Å². The first-order valence-electron chi connectivity index (χ1n) is 11.6. The smallest absolute Gasteiger partial charge is 0.417 e. The lowest BCUT2D eigenvalue weighted by Gasteiger charge is -2.11. The maximum Gasteiger partial charge on any atom is 0.417 e. The molecule has 0 radical (unpaired) electrons. The van der Waals surface area contributed by atoms with E-state index in [-0.39, 0.29) is 60.0 Å². The average Bonchev–Trinajstić information content (AvgIpc) is 3.40. The fourth-order valence-corrected chi connectivity index (χ4v) is 5.64. The van der Waals surface area contributed by atoms with Crippen molar-refractivity contribution in [2.75, 3.05) is 0 Å². The summed E-state index contributed by atoms with van der Waals surface area (Å²) in [5.41, 5.74) is -3.86. The van der Waals surface area contributed by atoms with Gasteiger partial charge in [0.25, 0.3) is 0 Å². The van der Waals surface area contributed by atoms with Gasteiger partial charge in [-0.1, -0.05) is 12.1 Å². The second-order valence-corrected chi connectivity index (χ2v) is 9.33. The van der Waals surface area contributed by atoms with Crippen LogP contribution >= 0.6 is 0 Å². The lowest BCUT2D eigenvalue weighted by atomic mass is 9.98. The summed E-state index contributed by atoms with van der Waals surface area (Å²) < 4.78 is 90.9. The molecule has 4 aromatic carbocycles. The predicted octanol–water partition coefficient (Wildman–Crippen LogP) is 7.88. The quantitative estimate of drug-likeness (QED) is 0.143. The Morgan fingerprint density at radius 3 is 1.85 bits per heavy atom. The molecule has 3 heterocycles. The standard InChI is InChI=1S/C29H9F6N3O2/c30-28(31,32)18-7-15-16-9-23-25(27(39)14-3-1-2-4-22(14)40-23)24-17-8-19(29(33,34)35)13(11-37)6-21(17)38(26(16)24)20(15)5-12(18)10-36/h1-9H. The van der Waals surface area contributed by atoms with Gasteiger partial charge in [0.1, 0.15) is 11.2 Å². The average molecular weight is 545 g/mol. The Hall–Kier alpha value is -5.29. The molecule has 7 rings (SSSR count). The number of nitrogens with zero attached hydrogens (tertiary/aromatic N) is 3. The lowest BCUT2D eigenvalue weighted by molar-refractivity contribution is -0.138. The first-order valence-corrected chi connectivity index (χ1v) is 11.6. The van der Waals surface area contributed by atoms with Crippen LogP contribution in [0.1, 0.15) is 22.3 Å². The molecule has 0 aliphatic heterocycles. The number of rotatable bonds is 0. The van der Waals surface area contributed by atoms with Crippen LogP contribution in [0.5, 0.6) is 0 Å². The number of alkyl halides is 6. The highest BCUT2D eigenvalue weighted by atomic mass is 19.4. The number of benzene rings is 4. The van der Waals surface area contributed by atoms with Crippen LogP contribution in [-0.2, 0) is 12.4 Å². The van der Waals surface area contributed by atoms with Gasteiger partial charge in [0, 0.05) is 21.5 Å². The van der Waals surface area contributed by atoms with Crippen molar-refractivity contribution in [3.8, 4) is 12.1 Å². The number of fused-ring (bicyclic) bond motifs is 9. The van der Waals surface area contributed by atoms with Crippen molar-refractivity contribution in [2.45, 2.75) is 12.4 Å². The van der Waals surface area contributed by atoms with Crippen molar-refractivity contribution in [1.29, 1.82) is 10.5 Å². The van der Waals surface area contributed by atoms with Crippen LogP contribution in [0.4, 0.5) is 26.3 Å². The fourth-order valence-electron chi connectivity index (χ4n) is 5.64. The van der Waals surface area contributed by atoms with E-state index < -0.39 is 40.0 Å². The maximum absolute atomic E-state index is 14.0. The van der Waals surface area contributed by atoms with E-state index in [4.69, 9.17) is 4.42 Å². The molecule has 0 aliphatic carbocycles. The van der Waals surface area contributed by atoms with Crippen LogP contribution in [0, 0.1) is 22.7 Å². The number of para-hydroxylation sites is 1. The molecule has 0 spiro atoms. The summed E-state index contributed by atoms with van der Waals surface area (Å²) in [6, 6.07) is 14.3. The molecule has 0 saturated carbocycles. The number of hydrogen-bond acceptors (Lipinski definition) is 4.